The van der Waals surface area contributed by atoms with E-state index in [9.17, 15) is 4.79 Å². The van der Waals surface area contributed by atoms with Crippen molar-refractivity contribution in [3.05, 3.63) is 54.1 Å². The second-order valence-corrected chi connectivity index (χ2v) is 9.58. The van der Waals surface area contributed by atoms with Gasteiger partial charge < -0.3 is 19.6 Å². The molecule has 34 heavy (non-hydrogen) atoms. The number of fused-ring (bicyclic) bond motifs is 1. The molecule has 0 radical (unpaired) electrons. The fourth-order valence-electron chi connectivity index (χ4n) is 5.46. The Morgan fingerprint density at radius 2 is 1.24 bits per heavy atom. The van der Waals surface area contributed by atoms with Crippen molar-refractivity contribution in [1.82, 2.24) is 14.9 Å². The molecule has 4 heterocycles. The lowest BCUT2D eigenvalue weighted by Crippen LogP contribution is -2.49. The van der Waals surface area contributed by atoms with Crippen LogP contribution in [0.1, 0.15) is 36.0 Å². The van der Waals surface area contributed by atoms with Gasteiger partial charge >= 0.3 is 0 Å². The number of hydrogen-bond acceptors (Lipinski definition) is 6. The van der Waals surface area contributed by atoms with Gasteiger partial charge in [-0.1, -0.05) is 36.4 Å². The van der Waals surface area contributed by atoms with Gasteiger partial charge in [0, 0.05) is 64.0 Å². The molecule has 6 rings (SSSR count). The zero-order valence-corrected chi connectivity index (χ0v) is 19.7. The zero-order valence-electron chi connectivity index (χ0n) is 19.7. The first kappa shape index (κ1) is 21.2. The highest BCUT2D eigenvalue weighted by Crippen LogP contribution is 2.28. The molecule has 0 bridgehead atoms. The summed E-state index contributed by atoms with van der Waals surface area (Å²) in [5.41, 5.74) is 0.793. The second kappa shape index (κ2) is 9.12. The molecule has 3 aromatic rings. The Hall–Kier alpha value is -3.35. The number of aromatic nitrogens is 2. The number of hydrogen-bond donors (Lipinski definition) is 0. The normalized spacial score (nSPS) is 18.8. The molecule has 1 aromatic heterocycles. The minimum atomic E-state index is 0.120. The van der Waals surface area contributed by atoms with Crippen LogP contribution in [0.15, 0.2) is 48.5 Å². The number of rotatable bonds is 4. The number of benzene rings is 2. The summed E-state index contributed by atoms with van der Waals surface area (Å²) in [5.74, 6) is 3.04. The summed E-state index contributed by atoms with van der Waals surface area (Å²) in [6.07, 6.45) is 4.88. The predicted molar refractivity (Wildman–Crippen MR) is 137 cm³/mol. The maximum absolute atomic E-state index is 13.4. The molecule has 0 saturated carbocycles. The summed E-state index contributed by atoms with van der Waals surface area (Å²) in [5, 5.41) is 2.13. The average Bonchev–Trinajstić information content (AvgIpc) is 3.63. The van der Waals surface area contributed by atoms with Gasteiger partial charge in [-0.05, 0) is 42.5 Å². The largest absolute Gasteiger partial charge is 0.356 e. The SMILES string of the molecule is O=C(c1cccc2ccccc12)N1CCN(c2cc(N3CCCC3)nc(N3CCCC3)n2)CC1. The Morgan fingerprint density at radius 3 is 1.94 bits per heavy atom. The van der Waals surface area contributed by atoms with E-state index < -0.39 is 0 Å². The lowest BCUT2D eigenvalue weighted by molar-refractivity contribution is 0.0748. The molecule has 0 unspecified atom stereocenters. The number of carbonyl (C=O) groups is 1. The van der Waals surface area contributed by atoms with Crippen molar-refractivity contribution in [3.8, 4) is 0 Å². The molecule has 1 amide bonds. The summed E-state index contributed by atoms with van der Waals surface area (Å²) in [6, 6.07) is 16.3. The molecule has 0 spiro atoms. The fraction of sp³-hybridized carbons (Fsp3) is 0.444. The van der Waals surface area contributed by atoms with Gasteiger partial charge in [-0.3, -0.25) is 4.79 Å². The number of carbonyl (C=O) groups excluding carboxylic acids is 1. The molecular formula is C27H32N6O. The average molecular weight is 457 g/mol. The van der Waals surface area contributed by atoms with E-state index in [-0.39, 0.29) is 5.91 Å². The van der Waals surface area contributed by atoms with E-state index in [2.05, 4.69) is 32.9 Å². The van der Waals surface area contributed by atoms with E-state index in [4.69, 9.17) is 9.97 Å². The lowest BCUT2D eigenvalue weighted by atomic mass is 10.0. The van der Waals surface area contributed by atoms with Crippen molar-refractivity contribution in [2.75, 3.05) is 67.1 Å². The molecule has 176 valence electrons. The Labute approximate surface area is 201 Å². The van der Waals surface area contributed by atoms with Crippen LogP contribution in [0.2, 0.25) is 0 Å². The first-order valence-corrected chi connectivity index (χ1v) is 12.7. The summed E-state index contributed by atoms with van der Waals surface area (Å²) < 4.78 is 0. The summed E-state index contributed by atoms with van der Waals surface area (Å²) >= 11 is 0. The van der Waals surface area contributed by atoms with Gasteiger partial charge in [-0.2, -0.15) is 9.97 Å². The van der Waals surface area contributed by atoms with Crippen molar-refractivity contribution in [3.63, 3.8) is 0 Å². The van der Waals surface area contributed by atoms with Crippen LogP contribution >= 0.6 is 0 Å². The number of amides is 1. The van der Waals surface area contributed by atoms with Gasteiger partial charge in [0.1, 0.15) is 11.6 Å². The van der Waals surface area contributed by atoms with Gasteiger partial charge in [0.15, 0.2) is 0 Å². The molecular weight excluding hydrogens is 424 g/mol. The maximum Gasteiger partial charge on any atom is 0.254 e. The molecule has 0 aliphatic carbocycles. The van der Waals surface area contributed by atoms with E-state index >= 15 is 0 Å². The van der Waals surface area contributed by atoms with E-state index in [0.29, 0.717) is 13.1 Å². The molecule has 3 aliphatic heterocycles. The van der Waals surface area contributed by atoms with Crippen molar-refractivity contribution in [1.29, 1.82) is 0 Å². The smallest absolute Gasteiger partial charge is 0.254 e. The van der Waals surface area contributed by atoms with Crippen LogP contribution in [-0.2, 0) is 0 Å². The molecule has 0 N–H and O–H groups in total. The Bertz CT molecular complexity index is 1140. The number of nitrogens with zero attached hydrogens (tertiary/aromatic N) is 6. The molecule has 7 heteroatoms. The predicted octanol–water partition coefficient (Wildman–Crippen LogP) is 3.79. The van der Waals surface area contributed by atoms with Gasteiger partial charge in [0.25, 0.3) is 5.91 Å². The highest BCUT2D eigenvalue weighted by Gasteiger charge is 2.26. The Kier molecular flexibility index (Phi) is 5.69. The van der Waals surface area contributed by atoms with Crippen LogP contribution < -0.4 is 14.7 Å². The molecule has 7 nitrogen and oxygen atoms in total. The molecule has 3 aliphatic rings. The molecule has 3 saturated heterocycles. The first-order chi connectivity index (χ1) is 16.8. The van der Waals surface area contributed by atoms with E-state index in [1.54, 1.807) is 0 Å². The van der Waals surface area contributed by atoms with E-state index in [0.717, 1.165) is 73.2 Å². The zero-order chi connectivity index (χ0) is 22.9. The van der Waals surface area contributed by atoms with Crippen LogP contribution in [0.25, 0.3) is 10.8 Å². The highest BCUT2D eigenvalue weighted by atomic mass is 16.2. The van der Waals surface area contributed by atoms with Crippen molar-refractivity contribution < 1.29 is 4.79 Å². The number of piperazine rings is 1. The standard InChI is InChI=1S/C27H32N6O/c34-26(23-11-7-9-21-8-1-2-10-22(21)23)32-18-16-31(17-19-32)25-20-24(30-12-3-4-13-30)28-27(29-25)33-14-5-6-15-33/h1-2,7-11,20H,3-6,12-19H2. The Morgan fingerprint density at radius 1 is 0.647 bits per heavy atom. The molecule has 0 atom stereocenters. The number of anilines is 3. The second-order valence-electron chi connectivity index (χ2n) is 9.58. The van der Waals surface area contributed by atoms with Gasteiger partial charge in [-0.15, -0.1) is 0 Å². The van der Waals surface area contributed by atoms with Crippen LogP contribution in [0.3, 0.4) is 0 Å². The fourth-order valence-corrected chi connectivity index (χ4v) is 5.46. The van der Waals surface area contributed by atoms with Gasteiger partial charge in [0.05, 0.1) is 0 Å². The van der Waals surface area contributed by atoms with Crippen molar-refractivity contribution >= 4 is 34.3 Å². The quantitative estimate of drug-likeness (QED) is 0.595. The minimum Gasteiger partial charge on any atom is -0.356 e. The first-order valence-electron chi connectivity index (χ1n) is 12.7. The van der Waals surface area contributed by atoms with Gasteiger partial charge in [0.2, 0.25) is 5.95 Å². The van der Waals surface area contributed by atoms with E-state index in [1.165, 1.54) is 25.7 Å². The van der Waals surface area contributed by atoms with Crippen LogP contribution in [0.5, 0.6) is 0 Å². The van der Waals surface area contributed by atoms with E-state index in [1.807, 2.05) is 35.2 Å². The lowest BCUT2D eigenvalue weighted by Gasteiger charge is -2.36. The summed E-state index contributed by atoms with van der Waals surface area (Å²) in [4.78, 5) is 32.4. The van der Waals surface area contributed by atoms with Gasteiger partial charge in [-0.25, -0.2) is 0 Å². The Balaban J connectivity index is 1.21. The topological polar surface area (TPSA) is 55.8 Å². The third-order valence-electron chi connectivity index (χ3n) is 7.42. The third kappa shape index (κ3) is 4.04. The van der Waals surface area contributed by atoms with Crippen molar-refractivity contribution in [2.24, 2.45) is 0 Å². The third-order valence-corrected chi connectivity index (χ3v) is 7.42. The molecule has 2 aromatic carbocycles. The van der Waals surface area contributed by atoms with Crippen LogP contribution in [0, 0.1) is 0 Å². The monoisotopic (exact) mass is 456 g/mol. The summed E-state index contributed by atoms with van der Waals surface area (Å²) in [6.45, 7) is 7.19. The summed E-state index contributed by atoms with van der Waals surface area (Å²) in [7, 11) is 0. The van der Waals surface area contributed by atoms with Crippen molar-refractivity contribution in [2.45, 2.75) is 25.7 Å². The van der Waals surface area contributed by atoms with Crippen LogP contribution in [0.4, 0.5) is 17.6 Å². The molecule has 3 fully saturated rings. The van der Waals surface area contributed by atoms with Crippen LogP contribution in [-0.4, -0.2) is 73.1 Å². The maximum atomic E-state index is 13.4. The minimum absolute atomic E-state index is 0.120. The highest BCUT2D eigenvalue weighted by molar-refractivity contribution is 6.07.